The summed E-state index contributed by atoms with van der Waals surface area (Å²) in [4.78, 5) is 73.4. The average Bonchev–Trinajstić information content (AvgIpc) is 3.99. The summed E-state index contributed by atoms with van der Waals surface area (Å²) in [5, 5.41) is 6.88. The molecule has 4 amide bonds. The van der Waals surface area contributed by atoms with Gasteiger partial charge in [-0.3, -0.25) is 14.4 Å². The van der Waals surface area contributed by atoms with E-state index in [2.05, 4.69) is 20.4 Å². The van der Waals surface area contributed by atoms with Crippen molar-refractivity contribution < 1.29 is 55.5 Å². The van der Waals surface area contributed by atoms with Crippen LogP contribution in [-0.4, -0.2) is 104 Å². The highest BCUT2D eigenvalue weighted by atomic mass is 32.2. The highest BCUT2D eigenvalue weighted by molar-refractivity contribution is 7.85. The van der Waals surface area contributed by atoms with Crippen LogP contribution in [0.5, 0.6) is 11.6 Å². The number of benzene rings is 1. The van der Waals surface area contributed by atoms with Gasteiger partial charge in [0.2, 0.25) is 17.7 Å². The molecule has 55 heavy (non-hydrogen) atoms. The maximum atomic E-state index is 14.5. The van der Waals surface area contributed by atoms with E-state index in [0.29, 0.717) is 17.6 Å². The molecule has 2 heterocycles. The van der Waals surface area contributed by atoms with E-state index in [1.165, 1.54) is 4.90 Å². The predicted octanol–water partition coefficient (Wildman–Crippen LogP) is 2.90. The Morgan fingerprint density at radius 3 is 2.29 bits per heavy atom. The molecule has 0 radical (unpaired) electrons. The van der Waals surface area contributed by atoms with Gasteiger partial charge in [0.25, 0.3) is 5.91 Å². The van der Waals surface area contributed by atoms with Gasteiger partial charge in [-0.2, -0.15) is 8.42 Å². The number of fused-ring (bicyclic) bond motifs is 1. The number of methoxy groups -OCH3 is 2. The van der Waals surface area contributed by atoms with Crippen molar-refractivity contribution in [2.45, 2.75) is 115 Å². The van der Waals surface area contributed by atoms with Crippen molar-refractivity contribution in [1.82, 2.24) is 25.2 Å². The van der Waals surface area contributed by atoms with Crippen LogP contribution < -0.4 is 24.8 Å². The van der Waals surface area contributed by atoms with Gasteiger partial charge in [-0.25, -0.2) is 23.5 Å². The average molecular weight is 790 g/mol. The summed E-state index contributed by atoms with van der Waals surface area (Å²) in [6.45, 7) is 12.0. The van der Waals surface area contributed by atoms with Crippen LogP contribution in [0.4, 0.5) is 4.79 Å². The Morgan fingerprint density at radius 2 is 1.73 bits per heavy atom. The summed E-state index contributed by atoms with van der Waals surface area (Å²) in [6, 6.07) is 4.76. The second kappa shape index (κ2) is 15.1. The minimum absolute atomic E-state index is 0.0351. The number of aromatic nitrogens is 1. The number of hydrogen-bond acceptors (Lipinski definition) is 13. The van der Waals surface area contributed by atoms with Gasteiger partial charge >= 0.3 is 22.4 Å². The number of amides is 4. The van der Waals surface area contributed by atoms with E-state index in [-0.39, 0.29) is 38.1 Å². The Hall–Kier alpha value is -4.71. The van der Waals surface area contributed by atoms with E-state index in [1.807, 2.05) is 10.8 Å². The van der Waals surface area contributed by atoms with Crippen molar-refractivity contribution in [3.05, 3.63) is 30.5 Å². The zero-order valence-corrected chi connectivity index (χ0v) is 33.5. The number of nitrogens with one attached hydrogen (secondary N) is 3. The fourth-order valence-electron chi connectivity index (χ4n) is 6.79. The topological polar surface area (TPSA) is 218 Å². The van der Waals surface area contributed by atoms with Crippen LogP contribution in [0.25, 0.3) is 10.8 Å². The maximum Gasteiger partial charge on any atom is 0.408 e. The van der Waals surface area contributed by atoms with Crippen LogP contribution in [0.3, 0.4) is 0 Å². The van der Waals surface area contributed by atoms with Gasteiger partial charge in [-0.1, -0.05) is 34.1 Å². The Balaban J connectivity index is 1.43. The summed E-state index contributed by atoms with van der Waals surface area (Å²) < 4.78 is 54.7. The summed E-state index contributed by atoms with van der Waals surface area (Å²) in [6.07, 6.45) is 0.618. The van der Waals surface area contributed by atoms with Crippen LogP contribution in [0.2, 0.25) is 0 Å². The summed E-state index contributed by atoms with van der Waals surface area (Å²) >= 11 is 0. The molecule has 1 saturated heterocycles. The van der Waals surface area contributed by atoms with E-state index in [4.69, 9.17) is 18.4 Å². The third-order valence-electron chi connectivity index (χ3n) is 9.93. The maximum absolute atomic E-state index is 14.5. The van der Waals surface area contributed by atoms with Gasteiger partial charge in [0.15, 0.2) is 5.60 Å². The normalized spacial score (nSPS) is 23.6. The molecule has 1 aromatic heterocycles. The molecule has 3 N–H and O–H groups in total. The minimum atomic E-state index is -4.81. The molecule has 302 valence electrons. The molecule has 3 aliphatic rings. The van der Waals surface area contributed by atoms with Crippen molar-refractivity contribution in [3.8, 4) is 11.6 Å². The highest BCUT2D eigenvalue weighted by Crippen LogP contribution is 2.47. The number of pyridine rings is 1. The smallest absolute Gasteiger partial charge is 0.408 e. The van der Waals surface area contributed by atoms with Crippen molar-refractivity contribution in [3.63, 3.8) is 0 Å². The number of carbonyl (C=O) groups is 5. The Morgan fingerprint density at radius 1 is 1.04 bits per heavy atom. The number of hydrogen-bond donors (Lipinski definition) is 3. The standard InChI is InChI=1S/C37H51N5O12S/c1-10-22-19-37(22,31(45)41-55(48,49)54-36(14-15-36)32(46)51-9)40-28(43)26-18-24(52-29-25-12-11-23(50-8)17-21(25)13-16-38-29)20-42(26)30(44)27(34(2,3)4)39-33(47)53-35(5,6)7/h11-13,16-17,22,24,26-27H,10,14-15,18-20H2,1-9H3,(H,39,47)(H,40,43)(H,41,45)/t22-,24-,26+,27-,37-/m1/s1. The fourth-order valence-corrected chi connectivity index (χ4v) is 7.90. The number of ether oxygens (including phenoxy) is 4. The number of nitrogens with zero attached hydrogens (tertiary/aromatic N) is 2. The number of carbonyl (C=O) groups excluding carboxylic acids is 5. The number of likely N-dealkylation sites (tertiary alicyclic amines) is 1. The van der Waals surface area contributed by atoms with Gasteiger partial charge in [-0.05, 0) is 81.0 Å². The van der Waals surface area contributed by atoms with Crippen LogP contribution in [0, 0.1) is 11.3 Å². The highest BCUT2D eigenvalue weighted by Gasteiger charge is 2.63. The molecule has 17 nitrogen and oxygen atoms in total. The summed E-state index contributed by atoms with van der Waals surface area (Å²) in [7, 11) is -2.16. The Bertz CT molecular complexity index is 1950. The van der Waals surface area contributed by atoms with Gasteiger partial charge in [-0.15, -0.1) is 0 Å². The van der Waals surface area contributed by atoms with Crippen LogP contribution in [0.15, 0.2) is 30.5 Å². The van der Waals surface area contributed by atoms with Crippen molar-refractivity contribution in [2.24, 2.45) is 11.3 Å². The van der Waals surface area contributed by atoms with Crippen molar-refractivity contribution >= 4 is 50.9 Å². The lowest BCUT2D eigenvalue weighted by molar-refractivity contribution is -0.151. The third kappa shape index (κ3) is 9.23. The lowest BCUT2D eigenvalue weighted by atomic mass is 9.85. The Labute approximate surface area is 320 Å². The molecule has 5 atom stereocenters. The lowest BCUT2D eigenvalue weighted by Crippen LogP contribution is -2.60. The van der Waals surface area contributed by atoms with E-state index in [1.54, 1.807) is 80.0 Å². The number of rotatable bonds is 13. The van der Waals surface area contributed by atoms with Gasteiger partial charge < -0.3 is 34.5 Å². The molecule has 1 aromatic carbocycles. The van der Waals surface area contributed by atoms with E-state index in [9.17, 15) is 32.4 Å². The zero-order valence-electron chi connectivity index (χ0n) is 32.6. The third-order valence-corrected chi connectivity index (χ3v) is 10.9. The second-order valence-electron chi connectivity index (χ2n) is 16.4. The molecule has 0 spiro atoms. The first-order chi connectivity index (χ1) is 25.6. The van der Waals surface area contributed by atoms with Crippen LogP contribution >= 0.6 is 0 Å². The minimum Gasteiger partial charge on any atom is -0.497 e. The first kappa shape index (κ1) is 41.5. The Kier molecular flexibility index (Phi) is 11.4. The van der Waals surface area contributed by atoms with Gasteiger partial charge in [0.05, 0.1) is 20.8 Å². The molecular formula is C37H51N5O12S. The van der Waals surface area contributed by atoms with Gasteiger partial charge in [0, 0.05) is 18.0 Å². The van der Waals surface area contributed by atoms with Crippen LogP contribution in [-0.2, 0) is 43.1 Å². The molecule has 3 fully saturated rings. The first-order valence-electron chi connectivity index (χ1n) is 18.1. The van der Waals surface area contributed by atoms with E-state index in [0.717, 1.165) is 12.5 Å². The molecule has 1 aliphatic heterocycles. The molecule has 2 saturated carbocycles. The summed E-state index contributed by atoms with van der Waals surface area (Å²) in [5.41, 5.74) is -5.09. The zero-order chi connectivity index (χ0) is 40.7. The van der Waals surface area contributed by atoms with E-state index < -0.39 is 86.3 Å². The molecule has 0 unspecified atom stereocenters. The number of alkyl carbamates (subject to hydrolysis) is 1. The number of esters is 1. The first-order valence-corrected chi connectivity index (χ1v) is 19.6. The van der Waals surface area contributed by atoms with Crippen molar-refractivity contribution in [1.29, 1.82) is 0 Å². The van der Waals surface area contributed by atoms with Gasteiger partial charge in [0.1, 0.15) is 35.1 Å². The second-order valence-corrected chi connectivity index (χ2v) is 17.6. The molecule has 2 aromatic rings. The van der Waals surface area contributed by atoms with Crippen molar-refractivity contribution in [2.75, 3.05) is 20.8 Å². The quantitative estimate of drug-likeness (QED) is 0.249. The molecule has 5 rings (SSSR count). The fraction of sp³-hybridized carbons (Fsp3) is 0.622. The monoisotopic (exact) mass is 789 g/mol. The largest absolute Gasteiger partial charge is 0.497 e. The molecule has 2 aliphatic carbocycles. The summed E-state index contributed by atoms with van der Waals surface area (Å²) in [5.74, 6) is -2.84. The van der Waals surface area contributed by atoms with Crippen LogP contribution in [0.1, 0.15) is 80.6 Å². The predicted molar refractivity (Wildman–Crippen MR) is 197 cm³/mol. The SMILES string of the molecule is CC[C@@H]1C[C@]1(NC(=O)[C@@H]1C[C@@H](Oc2nccc3cc(OC)ccc23)CN1C(=O)[C@@H](NC(=O)OC(C)(C)C)C(C)(C)C)C(=O)NS(=O)(=O)OC1(C(=O)OC)CC1. The lowest BCUT2D eigenvalue weighted by Gasteiger charge is -2.36. The molecule has 18 heteroatoms. The molecule has 0 bridgehead atoms. The van der Waals surface area contributed by atoms with E-state index >= 15 is 0 Å². The molecular weight excluding hydrogens is 738 g/mol.